The predicted octanol–water partition coefficient (Wildman–Crippen LogP) is 5.26. The molecule has 1 aliphatic heterocycles. The summed E-state index contributed by atoms with van der Waals surface area (Å²) in [6.07, 6.45) is 1.77. The maximum Gasteiger partial charge on any atom is 0.210 e. The van der Waals surface area contributed by atoms with Crippen molar-refractivity contribution < 1.29 is 9.53 Å². The molecule has 0 amide bonds. The number of aromatic nitrogens is 2. The molecule has 0 spiro atoms. The number of ketones is 1. The fourth-order valence-electron chi connectivity index (χ4n) is 3.77. The summed E-state index contributed by atoms with van der Waals surface area (Å²) in [5.74, 6) is 1.10. The number of hydrogen-bond acceptors (Lipinski definition) is 8. The van der Waals surface area contributed by atoms with Gasteiger partial charge < -0.3 is 15.0 Å². The zero-order chi connectivity index (χ0) is 22.0. The highest BCUT2D eigenvalue weighted by Gasteiger charge is 2.38. The number of methoxy groups -OCH3 is 1. The highest BCUT2D eigenvalue weighted by molar-refractivity contribution is 8.01. The average molecular weight is 453 g/mol. The molecule has 1 aromatic heterocycles. The Labute approximate surface area is 190 Å². The Bertz CT molecular complexity index is 1140. The second-order valence-corrected chi connectivity index (χ2v) is 9.88. The molecule has 0 atom stereocenters. The van der Waals surface area contributed by atoms with Gasteiger partial charge in [0.15, 0.2) is 10.1 Å². The van der Waals surface area contributed by atoms with Gasteiger partial charge in [-0.3, -0.25) is 4.79 Å². The quantitative estimate of drug-likeness (QED) is 0.387. The van der Waals surface area contributed by atoms with Crippen LogP contribution in [0.5, 0.6) is 5.75 Å². The number of thioether (sulfide) groups is 1. The van der Waals surface area contributed by atoms with Gasteiger partial charge in [-0.05, 0) is 23.8 Å². The zero-order valence-electron chi connectivity index (χ0n) is 17.9. The van der Waals surface area contributed by atoms with Crippen molar-refractivity contribution in [3.8, 4) is 5.75 Å². The molecular formula is C23H24N4O2S2. The molecule has 0 fully saturated rings. The van der Waals surface area contributed by atoms with E-state index in [-0.39, 0.29) is 11.2 Å². The van der Waals surface area contributed by atoms with Gasteiger partial charge in [-0.25, -0.2) is 0 Å². The fourth-order valence-corrected chi connectivity index (χ4v) is 5.35. The van der Waals surface area contributed by atoms with Crippen LogP contribution in [0.4, 0.5) is 16.5 Å². The Hall–Kier alpha value is -2.84. The zero-order valence-corrected chi connectivity index (χ0v) is 19.5. The molecule has 3 aromatic rings. The summed E-state index contributed by atoms with van der Waals surface area (Å²) >= 11 is 2.81. The molecular weight excluding hydrogens is 428 g/mol. The number of nitrogens with zero attached hydrogens (tertiary/aromatic N) is 3. The molecule has 6 nitrogen and oxygen atoms in total. The van der Waals surface area contributed by atoms with Crippen LogP contribution in [0, 0.1) is 0 Å². The van der Waals surface area contributed by atoms with Crippen LogP contribution < -0.4 is 15.0 Å². The molecule has 1 aliphatic rings. The summed E-state index contributed by atoms with van der Waals surface area (Å²) in [4.78, 5) is 14.8. The number of para-hydroxylation sites is 3. The Morgan fingerprint density at radius 3 is 2.71 bits per heavy atom. The van der Waals surface area contributed by atoms with Crippen LogP contribution in [0.25, 0.3) is 0 Å². The number of carbonyl (C=O) groups excluding carboxylic acids is 1. The van der Waals surface area contributed by atoms with Crippen molar-refractivity contribution in [3.63, 3.8) is 0 Å². The van der Waals surface area contributed by atoms with E-state index >= 15 is 0 Å². The third-order valence-electron chi connectivity index (χ3n) is 5.33. The van der Waals surface area contributed by atoms with E-state index < -0.39 is 0 Å². The third-order valence-corrected chi connectivity index (χ3v) is 7.33. The standard InChI is InChI=1S/C23H24N4O2S2/c1-23(2)16-9-5-7-11-18(16)27(3)20(23)13-15(28)14-30-22-26-25-21(31-22)24-17-10-6-8-12-19(17)29-4/h5-13H,14H2,1-4H3,(H,24,25)/b20-13-. The van der Waals surface area contributed by atoms with E-state index in [9.17, 15) is 4.79 Å². The number of nitrogens with one attached hydrogen (secondary N) is 1. The van der Waals surface area contributed by atoms with Crippen molar-refractivity contribution in [1.29, 1.82) is 0 Å². The predicted molar refractivity (Wildman–Crippen MR) is 128 cm³/mol. The first-order chi connectivity index (χ1) is 14.9. The topological polar surface area (TPSA) is 67.3 Å². The van der Waals surface area contributed by atoms with E-state index in [0.29, 0.717) is 10.9 Å². The lowest BCUT2D eigenvalue weighted by Crippen LogP contribution is -2.24. The summed E-state index contributed by atoms with van der Waals surface area (Å²) in [6.45, 7) is 4.31. The van der Waals surface area contributed by atoms with Gasteiger partial charge in [0.2, 0.25) is 5.13 Å². The Kier molecular flexibility index (Phi) is 6.02. The molecule has 0 aliphatic carbocycles. The van der Waals surface area contributed by atoms with Gasteiger partial charge >= 0.3 is 0 Å². The number of hydrogen-bond donors (Lipinski definition) is 1. The lowest BCUT2D eigenvalue weighted by atomic mass is 9.83. The molecule has 0 saturated heterocycles. The minimum atomic E-state index is -0.208. The van der Waals surface area contributed by atoms with Gasteiger partial charge in [-0.15, -0.1) is 10.2 Å². The van der Waals surface area contributed by atoms with E-state index in [0.717, 1.165) is 27.2 Å². The maximum absolute atomic E-state index is 12.7. The van der Waals surface area contributed by atoms with Crippen LogP contribution in [-0.2, 0) is 10.2 Å². The number of likely N-dealkylation sites (N-methyl/N-ethyl adjacent to an activating group) is 1. The number of allylic oxidation sites excluding steroid dienone is 2. The molecule has 2 aromatic carbocycles. The van der Waals surface area contributed by atoms with E-state index in [2.05, 4.69) is 46.4 Å². The Morgan fingerprint density at radius 1 is 1.19 bits per heavy atom. The van der Waals surface area contributed by atoms with E-state index in [1.54, 1.807) is 13.2 Å². The van der Waals surface area contributed by atoms with Crippen LogP contribution >= 0.6 is 23.1 Å². The van der Waals surface area contributed by atoms with Gasteiger partial charge in [0, 0.05) is 29.9 Å². The summed E-state index contributed by atoms with van der Waals surface area (Å²) in [6, 6.07) is 15.9. The fraction of sp³-hybridized carbons (Fsp3) is 0.261. The van der Waals surface area contributed by atoms with Crippen LogP contribution in [0.1, 0.15) is 19.4 Å². The van der Waals surface area contributed by atoms with Gasteiger partial charge in [0.25, 0.3) is 0 Å². The lowest BCUT2D eigenvalue weighted by molar-refractivity contribution is -0.112. The largest absolute Gasteiger partial charge is 0.495 e. The first-order valence-corrected chi connectivity index (χ1v) is 11.6. The molecule has 0 saturated carbocycles. The number of fused-ring (bicyclic) bond motifs is 1. The van der Waals surface area contributed by atoms with Crippen molar-refractivity contribution in [2.24, 2.45) is 0 Å². The van der Waals surface area contributed by atoms with Gasteiger partial charge in [-0.2, -0.15) is 0 Å². The summed E-state index contributed by atoms with van der Waals surface area (Å²) in [5.41, 5.74) is 4.01. The number of benzene rings is 2. The minimum absolute atomic E-state index is 0.0576. The van der Waals surface area contributed by atoms with Crippen molar-refractivity contribution in [2.45, 2.75) is 23.6 Å². The van der Waals surface area contributed by atoms with Crippen molar-refractivity contribution in [1.82, 2.24) is 10.2 Å². The molecule has 31 heavy (non-hydrogen) atoms. The Morgan fingerprint density at radius 2 is 1.94 bits per heavy atom. The number of rotatable bonds is 7. The second-order valence-electron chi connectivity index (χ2n) is 7.68. The maximum atomic E-state index is 12.7. The summed E-state index contributed by atoms with van der Waals surface area (Å²) in [5, 5.41) is 12.2. The molecule has 160 valence electrons. The van der Waals surface area contributed by atoms with Crippen LogP contribution in [0.2, 0.25) is 0 Å². The summed E-state index contributed by atoms with van der Waals surface area (Å²) < 4.78 is 6.09. The molecule has 2 heterocycles. The molecule has 4 rings (SSSR count). The van der Waals surface area contributed by atoms with Crippen LogP contribution in [0.3, 0.4) is 0 Å². The molecule has 0 unspecified atom stereocenters. The molecule has 0 radical (unpaired) electrons. The average Bonchev–Trinajstić information content (AvgIpc) is 3.29. The second kappa shape index (κ2) is 8.72. The van der Waals surface area contributed by atoms with E-state index in [1.807, 2.05) is 43.4 Å². The number of carbonyl (C=O) groups is 1. The molecule has 8 heteroatoms. The lowest BCUT2D eigenvalue weighted by Gasteiger charge is -2.23. The highest BCUT2D eigenvalue weighted by Crippen LogP contribution is 2.46. The van der Waals surface area contributed by atoms with Gasteiger partial charge in [0.1, 0.15) is 5.75 Å². The van der Waals surface area contributed by atoms with E-state index in [1.165, 1.54) is 28.7 Å². The normalized spacial score (nSPS) is 15.7. The molecule has 0 bridgehead atoms. The van der Waals surface area contributed by atoms with Crippen LogP contribution in [-0.4, -0.2) is 35.9 Å². The van der Waals surface area contributed by atoms with Crippen molar-refractivity contribution in [2.75, 3.05) is 30.1 Å². The van der Waals surface area contributed by atoms with Gasteiger partial charge in [0.05, 0.1) is 18.6 Å². The van der Waals surface area contributed by atoms with Gasteiger partial charge in [-0.1, -0.05) is 67.3 Å². The van der Waals surface area contributed by atoms with Crippen molar-refractivity contribution >= 4 is 45.4 Å². The first-order valence-electron chi connectivity index (χ1n) is 9.84. The number of ether oxygens (including phenoxy) is 1. The van der Waals surface area contributed by atoms with Crippen LogP contribution in [0.15, 0.2) is 64.6 Å². The monoisotopic (exact) mass is 452 g/mol. The highest BCUT2D eigenvalue weighted by atomic mass is 32.2. The number of anilines is 3. The third kappa shape index (κ3) is 4.31. The first kappa shape index (κ1) is 21.4. The Balaban J connectivity index is 1.41. The minimum Gasteiger partial charge on any atom is -0.495 e. The van der Waals surface area contributed by atoms with Crippen molar-refractivity contribution in [3.05, 3.63) is 65.9 Å². The molecule has 1 N–H and O–H groups in total. The smallest absolute Gasteiger partial charge is 0.210 e. The van der Waals surface area contributed by atoms with E-state index in [4.69, 9.17) is 4.74 Å². The SMILES string of the molecule is COc1ccccc1Nc1nnc(SCC(=O)/C=C2\N(C)c3ccccc3C2(C)C)s1. The summed E-state index contributed by atoms with van der Waals surface area (Å²) in [7, 11) is 3.64.